The number of hydrogen-bond donors (Lipinski definition) is 0. The topological polar surface area (TPSA) is 26.3 Å². The molecule has 1 atom stereocenters. The van der Waals surface area contributed by atoms with Crippen LogP contribution in [0, 0.1) is 0 Å². The highest BCUT2D eigenvalue weighted by Crippen LogP contribution is 2.16. The van der Waals surface area contributed by atoms with Crippen LogP contribution in [0.2, 0.25) is 0 Å². The zero-order valence-electron chi connectivity index (χ0n) is 15.5. The van der Waals surface area contributed by atoms with Crippen LogP contribution in [0.1, 0.15) is 97.3 Å². The molecule has 134 valence electrons. The van der Waals surface area contributed by atoms with Gasteiger partial charge in [0.15, 0.2) is 0 Å². The van der Waals surface area contributed by atoms with Gasteiger partial charge >= 0.3 is 5.97 Å². The summed E-state index contributed by atoms with van der Waals surface area (Å²) in [6.07, 6.45) is 21.2. The first-order valence-corrected chi connectivity index (χ1v) is 9.71. The Morgan fingerprint density at radius 1 is 0.957 bits per heavy atom. The second-order valence-electron chi connectivity index (χ2n) is 6.32. The predicted molar refractivity (Wildman–Crippen MR) is 101 cm³/mol. The second kappa shape index (κ2) is 17.3. The minimum atomic E-state index is -0.0707. The summed E-state index contributed by atoms with van der Waals surface area (Å²) in [6.45, 7) is 7.78. The number of ether oxygens (including phenoxy) is 1. The minimum Gasteiger partial charge on any atom is -0.462 e. The van der Waals surface area contributed by atoms with Gasteiger partial charge in [0.25, 0.3) is 0 Å². The number of hydrogen-bond acceptors (Lipinski definition) is 2. The number of allylic oxidation sites excluding steroid dienone is 3. The maximum atomic E-state index is 11.5. The summed E-state index contributed by atoms with van der Waals surface area (Å²) >= 11 is 0. The molecule has 1 unspecified atom stereocenters. The first kappa shape index (κ1) is 21.9. The molecule has 2 nitrogen and oxygen atoms in total. The lowest BCUT2D eigenvalue weighted by atomic mass is 10.0. The minimum absolute atomic E-state index is 0.0707. The molecule has 0 rings (SSSR count). The molecule has 23 heavy (non-hydrogen) atoms. The summed E-state index contributed by atoms with van der Waals surface area (Å²) in [7, 11) is 0. The van der Waals surface area contributed by atoms with Gasteiger partial charge < -0.3 is 4.74 Å². The molecule has 0 saturated heterocycles. The summed E-state index contributed by atoms with van der Waals surface area (Å²) in [5, 5.41) is 0. The van der Waals surface area contributed by atoms with Crippen LogP contribution in [0.4, 0.5) is 0 Å². The fourth-order valence-corrected chi connectivity index (χ4v) is 2.69. The summed E-state index contributed by atoms with van der Waals surface area (Å²) in [6, 6.07) is 0. The van der Waals surface area contributed by atoms with Crippen LogP contribution in [0.3, 0.4) is 0 Å². The third-order valence-corrected chi connectivity index (χ3v) is 4.14. The molecule has 0 bridgehead atoms. The molecule has 0 saturated carbocycles. The lowest BCUT2D eigenvalue weighted by Crippen LogP contribution is -2.17. The molecule has 0 fully saturated rings. The second-order valence-corrected chi connectivity index (χ2v) is 6.32. The van der Waals surface area contributed by atoms with Crippen LogP contribution in [0.25, 0.3) is 0 Å². The monoisotopic (exact) mass is 322 g/mol. The van der Waals surface area contributed by atoms with E-state index in [9.17, 15) is 4.79 Å². The van der Waals surface area contributed by atoms with Gasteiger partial charge in [-0.3, -0.25) is 4.79 Å². The molecule has 0 aliphatic rings. The first-order valence-electron chi connectivity index (χ1n) is 9.71. The van der Waals surface area contributed by atoms with E-state index in [0.717, 1.165) is 19.3 Å². The van der Waals surface area contributed by atoms with Crippen molar-refractivity contribution in [3.05, 3.63) is 24.8 Å². The molecule has 0 N–H and O–H groups in total. The predicted octanol–water partition coefficient (Wildman–Crippen LogP) is 6.75. The summed E-state index contributed by atoms with van der Waals surface area (Å²) in [5.41, 5.74) is 0. The maximum absolute atomic E-state index is 11.5. The van der Waals surface area contributed by atoms with Gasteiger partial charge in [0.2, 0.25) is 0 Å². The van der Waals surface area contributed by atoms with E-state index in [2.05, 4.69) is 19.6 Å². The summed E-state index contributed by atoms with van der Waals surface area (Å²) in [4.78, 5) is 11.5. The zero-order chi connectivity index (χ0) is 17.2. The Morgan fingerprint density at radius 3 is 2.13 bits per heavy atom. The average molecular weight is 323 g/mol. The quantitative estimate of drug-likeness (QED) is 0.178. The summed E-state index contributed by atoms with van der Waals surface area (Å²) < 4.78 is 5.55. The molecule has 0 heterocycles. The summed E-state index contributed by atoms with van der Waals surface area (Å²) in [5.74, 6) is -0.0707. The Morgan fingerprint density at radius 2 is 1.57 bits per heavy atom. The van der Waals surface area contributed by atoms with Gasteiger partial charge in [0, 0.05) is 6.42 Å². The Hall–Kier alpha value is -1.05. The van der Waals surface area contributed by atoms with Crippen molar-refractivity contribution in [1.29, 1.82) is 0 Å². The smallest absolute Gasteiger partial charge is 0.305 e. The molecule has 0 aromatic heterocycles. The Kier molecular flexibility index (Phi) is 16.5. The molecule has 0 aliphatic carbocycles. The molecule has 0 radical (unpaired) electrons. The normalized spacial score (nSPS) is 12.4. The molecule has 0 amide bonds. The van der Waals surface area contributed by atoms with E-state index in [4.69, 9.17) is 4.74 Å². The van der Waals surface area contributed by atoms with Crippen molar-refractivity contribution >= 4 is 5.97 Å². The van der Waals surface area contributed by atoms with Gasteiger partial charge in [-0.05, 0) is 25.7 Å². The van der Waals surface area contributed by atoms with Crippen LogP contribution in [-0.4, -0.2) is 12.1 Å². The first-order chi connectivity index (χ1) is 11.2. The van der Waals surface area contributed by atoms with Crippen LogP contribution < -0.4 is 0 Å². The third-order valence-electron chi connectivity index (χ3n) is 4.14. The van der Waals surface area contributed by atoms with Gasteiger partial charge in [-0.2, -0.15) is 0 Å². The van der Waals surface area contributed by atoms with E-state index in [-0.39, 0.29) is 12.1 Å². The van der Waals surface area contributed by atoms with Gasteiger partial charge in [0.05, 0.1) is 0 Å². The molecular weight excluding hydrogens is 284 g/mol. The van der Waals surface area contributed by atoms with Crippen molar-refractivity contribution in [2.45, 2.75) is 103 Å². The number of carbonyl (C=O) groups excluding carboxylic acids is 1. The van der Waals surface area contributed by atoms with Gasteiger partial charge in [-0.1, -0.05) is 90.0 Å². The number of carbonyl (C=O) groups is 1. The average Bonchev–Trinajstić information content (AvgIpc) is 2.56. The molecule has 0 aromatic carbocycles. The third kappa shape index (κ3) is 15.6. The highest BCUT2D eigenvalue weighted by molar-refractivity contribution is 5.69. The molecule has 0 aromatic rings. The van der Waals surface area contributed by atoms with E-state index in [1.165, 1.54) is 57.8 Å². The van der Waals surface area contributed by atoms with Crippen molar-refractivity contribution in [3.8, 4) is 0 Å². The van der Waals surface area contributed by atoms with E-state index < -0.39 is 0 Å². The van der Waals surface area contributed by atoms with E-state index >= 15 is 0 Å². The highest BCUT2D eigenvalue weighted by Gasteiger charge is 2.12. The van der Waals surface area contributed by atoms with Crippen LogP contribution in [0.5, 0.6) is 0 Å². The van der Waals surface area contributed by atoms with Crippen LogP contribution in [0.15, 0.2) is 24.8 Å². The van der Waals surface area contributed by atoms with Crippen molar-refractivity contribution in [3.63, 3.8) is 0 Å². The fraction of sp³-hybridized carbons (Fsp3) is 0.762. The number of esters is 1. The van der Waals surface area contributed by atoms with Crippen LogP contribution in [-0.2, 0) is 9.53 Å². The fourth-order valence-electron chi connectivity index (χ4n) is 2.69. The van der Waals surface area contributed by atoms with Gasteiger partial charge in [-0.15, -0.1) is 0 Å². The van der Waals surface area contributed by atoms with Crippen LogP contribution >= 0.6 is 0 Å². The Labute approximate surface area is 144 Å². The van der Waals surface area contributed by atoms with E-state index in [1.54, 1.807) is 6.08 Å². The number of unbranched alkanes of at least 4 members (excludes halogenated alkanes) is 8. The largest absolute Gasteiger partial charge is 0.462 e. The van der Waals surface area contributed by atoms with Crippen molar-refractivity contribution in [2.75, 3.05) is 0 Å². The Bertz CT molecular complexity index is 307. The van der Waals surface area contributed by atoms with E-state index in [0.29, 0.717) is 6.42 Å². The highest BCUT2D eigenvalue weighted by atomic mass is 16.5. The van der Waals surface area contributed by atoms with E-state index in [1.807, 2.05) is 13.0 Å². The molecule has 0 aliphatic heterocycles. The van der Waals surface area contributed by atoms with Gasteiger partial charge in [-0.25, -0.2) is 0 Å². The van der Waals surface area contributed by atoms with Crippen molar-refractivity contribution in [2.24, 2.45) is 0 Å². The van der Waals surface area contributed by atoms with Gasteiger partial charge in [0.1, 0.15) is 6.10 Å². The Balaban J connectivity index is 3.75. The SMILES string of the molecule is C=CC=CCCC(CCCCCCCCCCC)OC(=O)CC. The standard InChI is InChI=1S/C21H38O2/c1-4-7-9-11-12-13-14-15-17-19-20(23-21(22)6-3)18-16-10-8-5-2/h5,8,10,20H,2,4,6-7,9,11-19H2,1,3H3. The molecule has 0 spiro atoms. The lowest BCUT2D eigenvalue weighted by Gasteiger charge is -2.17. The maximum Gasteiger partial charge on any atom is 0.305 e. The molecular formula is C21H38O2. The van der Waals surface area contributed by atoms with Crippen molar-refractivity contribution in [1.82, 2.24) is 0 Å². The van der Waals surface area contributed by atoms with Crippen molar-refractivity contribution < 1.29 is 9.53 Å². The lowest BCUT2D eigenvalue weighted by molar-refractivity contribution is -0.149. The number of rotatable bonds is 16. The molecule has 2 heteroatoms. The zero-order valence-corrected chi connectivity index (χ0v) is 15.5.